The van der Waals surface area contributed by atoms with Crippen molar-refractivity contribution in [2.24, 2.45) is 0 Å². The summed E-state index contributed by atoms with van der Waals surface area (Å²) < 4.78 is 49.0. The Labute approximate surface area is 194 Å². The summed E-state index contributed by atoms with van der Waals surface area (Å²) in [6.07, 6.45) is 4.26. The zero-order valence-corrected chi connectivity index (χ0v) is 19.6. The second kappa shape index (κ2) is 9.25. The Bertz CT molecular complexity index is 1440. The lowest BCUT2D eigenvalue weighted by Gasteiger charge is -2.09. The predicted molar refractivity (Wildman–Crippen MR) is 117 cm³/mol. The van der Waals surface area contributed by atoms with Crippen molar-refractivity contribution in [2.45, 2.75) is 11.4 Å². The SMILES string of the molecule is CS(=O)(=O)NC(=O)c1ccc(-n2ncnc2CNC(=O)c2cc(Cl)cc(S(C)(=O)=O)c2)nc1. The van der Waals surface area contributed by atoms with Gasteiger partial charge in [-0.15, -0.1) is 0 Å². The first kappa shape index (κ1) is 24.3. The first-order valence-electron chi connectivity index (χ1n) is 9.00. The summed E-state index contributed by atoms with van der Waals surface area (Å²) in [5.41, 5.74) is 0.0649. The van der Waals surface area contributed by atoms with Crippen molar-refractivity contribution < 1.29 is 26.4 Å². The molecule has 15 heteroatoms. The fourth-order valence-electron chi connectivity index (χ4n) is 2.62. The molecule has 12 nitrogen and oxygen atoms in total. The van der Waals surface area contributed by atoms with Crippen molar-refractivity contribution in [3.05, 3.63) is 64.8 Å². The van der Waals surface area contributed by atoms with Crippen LogP contribution >= 0.6 is 11.6 Å². The number of halogens is 1. The van der Waals surface area contributed by atoms with E-state index in [1.165, 1.54) is 47.5 Å². The van der Waals surface area contributed by atoms with E-state index in [-0.39, 0.29) is 39.2 Å². The molecule has 0 aliphatic carbocycles. The average Bonchev–Trinajstić information content (AvgIpc) is 3.18. The highest BCUT2D eigenvalue weighted by atomic mass is 35.5. The normalized spacial score (nSPS) is 11.7. The van der Waals surface area contributed by atoms with Gasteiger partial charge < -0.3 is 5.32 Å². The molecule has 0 bridgehead atoms. The molecule has 3 rings (SSSR count). The molecule has 33 heavy (non-hydrogen) atoms. The Morgan fingerprint density at radius 2 is 1.73 bits per heavy atom. The third kappa shape index (κ3) is 6.34. The largest absolute Gasteiger partial charge is 0.345 e. The van der Waals surface area contributed by atoms with Gasteiger partial charge in [-0.3, -0.25) is 9.59 Å². The van der Waals surface area contributed by atoms with Crippen LogP contribution in [0.25, 0.3) is 5.82 Å². The first-order valence-corrected chi connectivity index (χ1v) is 13.2. The number of benzene rings is 1. The third-order valence-corrected chi connectivity index (χ3v) is 5.96. The van der Waals surface area contributed by atoms with Crippen LogP contribution in [0.15, 0.2) is 47.8 Å². The molecular weight excluding hydrogens is 496 g/mol. The van der Waals surface area contributed by atoms with Crippen molar-refractivity contribution in [3.8, 4) is 5.82 Å². The zero-order valence-electron chi connectivity index (χ0n) is 17.2. The van der Waals surface area contributed by atoms with Gasteiger partial charge in [0.15, 0.2) is 21.5 Å². The molecule has 0 fully saturated rings. The molecule has 2 heterocycles. The van der Waals surface area contributed by atoms with Crippen LogP contribution in [0.3, 0.4) is 0 Å². The number of sulfonamides is 1. The predicted octanol–water partition coefficient (Wildman–Crippen LogP) is 0.339. The van der Waals surface area contributed by atoms with Crippen molar-refractivity contribution in [2.75, 3.05) is 12.5 Å². The molecule has 3 aromatic rings. The number of carbonyl (C=O) groups is 2. The third-order valence-electron chi connectivity index (χ3n) is 4.09. The van der Waals surface area contributed by atoms with Crippen LogP contribution in [0.5, 0.6) is 0 Å². The summed E-state index contributed by atoms with van der Waals surface area (Å²) in [6, 6.07) is 6.56. The maximum atomic E-state index is 12.5. The Balaban J connectivity index is 1.75. The second-order valence-corrected chi connectivity index (χ2v) is 11.0. The average molecular weight is 513 g/mol. The molecule has 0 saturated heterocycles. The topological polar surface area (TPSA) is 170 Å². The molecular formula is C18H17ClN6O6S2. The van der Waals surface area contributed by atoms with Crippen LogP contribution < -0.4 is 10.0 Å². The molecule has 0 saturated carbocycles. The lowest BCUT2D eigenvalue weighted by atomic mass is 10.2. The van der Waals surface area contributed by atoms with E-state index >= 15 is 0 Å². The fraction of sp³-hybridized carbons (Fsp3) is 0.167. The lowest BCUT2D eigenvalue weighted by Crippen LogP contribution is -2.29. The van der Waals surface area contributed by atoms with Gasteiger partial charge in [0.1, 0.15) is 6.33 Å². The van der Waals surface area contributed by atoms with Crippen molar-refractivity contribution in [1.82, 2.24) is 29.8 Å². The van der Waals surface area contributed by atoms with Crippen LogP contribution in [0.4, 0.5) is 0 Å². The number of carbonyl (C=O) groups excluding carboxylic acids is 2. The van der Waals surface area contributed by atoms with Gasteiger partial charge in [0.2, 0.25) is 10.0 Å². The van der Waals surface area contributed by atoms with Crippen molar-refractivity contribution in [1.29, 1.82) is 0 Å². The molecule has 2 aromatic heterocycles. The van der Waals surface area contributed by atoms with E-state index in [1.54, 1.807) is 0 Å². The lowest BCUT2D eigenvalue weighted by molar-refractivity contribution is 0.0947. The van der Waals surface area contributed by atoms with E-state index in [4.69, 9.17) is 11.6 Å². The van der Waals surface area contributed by atoms with E-state index in [2.05, 4.69) is 20.4 Å². The fourth-order valence-corrected chi connectivity index (χ4v) is 4.06. The van der Waals surface area contributed by atoms with E-state index in [0.29, 0.717) is 0 Å². The molecule has 174 valence electrons. The second-order valence-electron chi connectivity index (χ2n) is 6.83. The van der Waals surface area contributed by atoms with Gasteiger partial charge in [-0.05, 0) is 30.3 Å². The summed E-state index contributed by atoms with van der Waals surface area (Å²) in [4.78, 5) is 32.5. The number of rotatable bonds is 7. The molecule has 0 spiro atoms. The smallest absolute Gasteiger partial charge is 0.266 e. The van der Waals surface area contributed by atoms with E-state index < -0.39 is 31.7 Å². The number of aromatic nitrogens is 4. The van der Waals surface area contributed by atoms with Gasteiger partial charge in [0, 0.05) is 23.0 Å². The highest BCUT2D eigenvalue weighted by Gasteiger charge is 2.16. The van der Waals surface area contributed by atoms with Gasteiger partial charge in [0.05, 0.1) is 23.3 Å². The monoisotopic (exact) mass is 512 g/mol. The molecule has 0 atom stereocenters. The van der Waals surface area contributed by atoms with Gasteiger partial charge in [0.25, 0.3) is 11.8 Å². The minimum absolute atomic E-state index is 0.0155. The minimum Gasteiger partial charge on any atom is -0.345 e. The maximum Gasteiger partial charge on any atom is 0.266 e. The number of sulfone groups is 1. The van der Waals surface area contributed by atoms with Crippen molar-refractivity contribution in [3.63, 3.8) is 0 Å². The summed E-state index contributed by atoms with van der Waals surface area (Å²) >= 11 is 5.93. The van der Waals surface area contributed by atoms with Crippen LogP contribution in [0.2, 0.25) is 5.02 Å². The highest BCUT2D eigenvalue weighted by Crippen LogP contribution is 2.19. The van der Waals surface area contributed by atoms with Crippen LogP contribution in [-0.4, -0.2) is 60.9 Å². The minimum atomic E-state index is -3.72. The van der Waals surface area contributed by atoms with Gasteiger partial charge in [-0.25, -0.2) is 31.5 Å². The summed E-state index contributed by atoms with van der Waals surface area (Å²) in [5, 5.41) is 6.72. The summed E-state index contributed by atoms with van der Waals surface area (Å²) in [7, 11) is -7.28. The van der Waals surface area contributed by atoms with Crippen LogP contribution in [0.1, 0.15) is 26.5 Å². The summed E-state index contributed by atoms with van der Waals surface area (Å²) in [5.74, 6) is -0.875. The Hall–Kier alpha value is -3.36. The Morgan fingerprint density at radius 3 is 2.33 bits per heavy atom. The summed E-state index contributed by atoms with van der Waals surface area (Å²) in [6.45, 7) is -0.0858. The van der Waals surface area contributed by atoms with Crippen molar-refractivity contribution >= 4 is 43.3 Å². The molecule has 0 aliphatic heterocycles. The van der Waals surface area contributed by atoms with Crippen LogP contribution in [0, 0.1) is 0 Å². The van der Waals surface area contributed by atoms with E-state index in [0.717, 1.165) is 12.5 Å². The number of nitrogens with zero attached hydrogens (tertiary/aromatic N) is 4. The van der Waals surface area contributed by atoms with Gasteiger partial charge in [-0.1, -0.05) is 11.6 Å². The first-order chi connectivity index (χ1) is 15.3. The molecule has 0 radical (unpaired) electrons. The Kier molecular flexibility index (Phi) is 6.81. The maximum absolute atomic E-state index is 12.5. The number of pyridine rings is 1. The molecule has 0 unspecified atom stereocenters. The molecule has 2 amide bonds. The van der Waals surface area contributed by atoms with Gasteiger partial charge >= 0.3 is 0 Å². The number of hydrogen-bond acceptors (Lipinski definition) is 9. The number of nitrogens with one attached hydrogen (secondary N) is 2. The van der Waals surface area contributed by atoms with Gasteiger partial charge in [-0.2, -0.15) is 9.78 Å². The zero-order chi connectivity index (χ0) is 24.4. The number of hydrogen-bond donors (Lipinski definition) is 2. The van der Waals surface area contributed by atoms with E-state index in [9.17, 15) is 26.4 Å². The molecule has 1 aromatic carbocycles. The number of amides is 2. The molecule has 0 aliphatic rings. The highest BCUT2D eigenvalue weighted by molar-refractivity contribution is 7.90. The van der Waals surface area contributed by atoms with Crippen LogP contribution in [-0.2, 0) is 26.4 Å². The standard InChI is InChI=1S/C18H17ClN6O6S2/c1-32(28,29)14-6-12(5-13(19)7-14)17(26)21-9-16-22-10-23-25(16)15-4-3-11(8-20-15)18(27)24-33(2,30)31/h3-8,10H,9H2,1-2H3,(H,21,26)(H,24,27). The molecule has 2 N–H and O–H groups in total. The Morgan fingerprint density at radius 1 is 1.00 bits per heavy atom. The quantitative estimate of drug-likeness (QED) is 0.453. The van der Waals surface area contributed by atoms with E-state index in [1.807, 2.05) is 4.72 Å².